The number of aromatic nitrogens is 3. The quantitative estimate of drug-likeness (QED) is 0.696. The lowest BCUT2D eigenvalue weighted by molar-refractivity contribution is 0.770. The molecule has 0 spiro atoms. The Bertz CT molecular complexity index is 925. The van der Waals surface area contributed by atoms with Gasteiger partial charge in [0.15, 0.2) is 5.65 Å². The van der Waals surface area contributed by atoms with Crippen LogP contribution in [0.2, 0.25) is 5.15 Å². The minimum absolute atomic E-state index is 0.184. The summed E-state index contributed by atoms with van der Waals surface area (Å²) < 4.78 is 1.86. The molecule has 0 bridgehead atoms. The van der Waals surface area contributed by atoms with Gasteiger partial charge in [-0.2, -0.15) is 5.10 Å². The number of hydrogen-bond acceptors (Lipinski definition) is 3. The van der Waals surface area contributed by atoms with Gasteiger partial charge in [0.05, 0.1) is 11.4 Å². The van der Waals surface area contributed by atoms with Crippen LogP contribution in [-0.2, 0) is 0 Å². The average Bonchev–Trinajstić information content (AvgIpc) is 2.94. The van der Waals surface area contributed by atoms with Crippen molar-refractivity contribution in [2.45, 2.75) is 19.3 Å². The Kier molecular flexibility index (Phi) is 3.46. The third-order valence-electron chi connectivity index (χ3n) is 3.97. The molecule has 3 aromatic rings. The predicted octanol–water partition coefficient (Wildman–Crippen LogP) is 4.51. The van der Waals surface area contributed by atoms with Gasteiger partial charge in [-0.25, -0.2) is 9.50 Å². The van der Waals surface area contributed by atoms with Crippen molar-refractivity contribution in [2.75, 3.05) is 0 Å². The van der Waals surface area contributed by atoms with Crippen molar-refractivity contribution in [1.82, 2.24) is 14.6 Å². The van der Waals surface area contributed by atoms with E-state index in [9.17, 15) is 0 Å². The van der Waals surface area contributed by atoms with Gasteiger partial charge in [-0.05, 0) is 25.5 Å². The largest absolute Gasteiger partial charge is 0.266 e. The van der Waals surface area contributed by atoms with E-state index in [1.807, 2.05) is 41.9 Å². The van der Waals surface area contributed by atoms with E-state index in [1.54, 1.807) is 6.07 Å². The van der Waals surface area contributed by atoms with Crippen LogP contribution < -0.4 is 0 Å². The summed E-state index contributed by atoms with van der Waals surface area (Å²) in [5, 5.41) is 4.93. The van der Waals surface area contributed by atoms with E-state index in [-0.39, 0.29) is 5.92 Å². The predicted molar refractivity (Wildman–Crippen MR) is 93.0 cm³/mol. The minimum Gasteiger partial charge on any atom is -0.266 e. The van der Waals surface area contributed by atoms with Gasteiger partial charge in [0, 0.05) is 23.4 Å². The molecule has 4 rings (SSSR count). The number of benzene rings is 1. The molecular formula is C18H15ClN4. The molecule has 2 aromatic heterocycles. The third-order valence-corrected chi connectivity index (χ3v) is 4.18. The van der Waals surface area contributed by atoms with E-state index < -0.39 is 0 Å². The van der Waals surface area contributed by atoms with Gasteiger partial charge in [0.1, 0.15) is 5.15 Å². The lowest BCUT2D eigenvalue weighted by Gasteiger charge is -2.16. The van der Waals surface area contributed by atoms with Crippen LogP contribution in [0, 0.1) is 0 Å². The second-order valence-corrected chi connectivity index (χ2v) is 5.99. The van der Waals surface area contributed by atoms with E-state index >= 15 is 0 Å². The first-order valence-corrected chi connectivity index (χ1v) is 7.92. The molecule has 1 atom stereocenters. The number of allylic oxidation sites excluding steroid dienone is 2. The molecule has 0 N–H and O–H groups in total. The maximum Gasteiger partial charge on any atom is 0.154 e. The molecule has 23 heavy (non-hydrogen) atoms. The first kappa shape index (κ1) is 14.2. The molecule has 3 heterocycles. The number of fused-ring (bicyclic) bond motifs is 1. The Morgan fingerprint density at radius 3 is 2.74 bits per heavy atom. The molecule has 0 radical (unpaired) electrons. The molecule has 0 fully saturated rings. The lowest BCUT2D eigenvalue weighted by Crippen LogP contribution is -2.08. The molecule has 1 aliphatic rings. The summed E-state index contributed by atoms with van der Waals surface area (Å²) in [4.78, 5) is 9.14. The van der Waals surface area contributed by atoms with E-state index in [4.69, 9.17) is 16.6 Å². The Morgan fingerprint density at radius 2 is 1.96 bits per heavy atom. The SMILES string of the molecule is CC1=CC(c2c(-c3ccccc3)nc3ccc(Cl)nn23)CC=N1. The minimum atomic E-state index is 0.184. The van der Waals surface area contributed by atoms with Crippen LogP contribution in [0.15, 0.2) is 59.2 Å². The molecule has 4 nitrogen and oxygen atoms in total. The highest BCUT2D eigenvalue weighted by atomic mass is 35.5. The maximum absolute atomic E-state index is 6.11. The number of rotatable bonds is 2. The van der Waals surface area contributed by atoms with Crippen LogP contribution in [0.5, 0.6) is 0 Å². The average molecular weight is 323 g/mol. The monoisotopic (exact) mass is 322 g/mol. The van der Waals surface area contributed by atoms with E-state index in [0.29, 0.717) is 5.15 Å². The van der Waals surface area contributed by atoms with Crippen LogP contribution in [-0.4, -0.2) is 20.8 Å². The molecule has 114 valence electrons. The highest BCUT2D eigenvalue weighted by Crippen LogP contribution is 2.34. The van der Waals surface area contributed by atoms with Crippen molar-refractivity contribution in [3.8, 4) is 11.3 Å². The zero-order valence-corrected chi connectivity index (χ0v) is 13.4. The fourth-order valence-corrected chi connectivity index (χ4v) is 3.11. The van der Waals surface area contributed by atoms with Crippen molar-refractivity contribution in [1.29, 1.82) is 0 Å². The van der Waals surface area contributed by atoms with Crippen molar-refractivity contribution in [3.05, 3.63) is 65.1 Å². The Morgan fingerprint density at radius 1 is 1.13 bits per heavy atom. The van der Waals surface area contributed by atoms with E-state index in [2.05, 4.69) is 28.3 Å². The fourth-order valence-electron chi connectivity index (χ4n) is 2.97. The Hall–Kier alpha value is -2.46. The van der Waals surface area contributed by atoms with Crippen LogP contribution in [0.3, 0.4) is 0 Å². The van der Waals surface area contributed by atoms with Gasteiger partial charge in [0.2, 0.25) is 0 Å². The molecule has 0 saturated carbocycles. The molecule has 1 aliphatic heterocycles. The topological polar surface area (TPSA) is 42.5 Å². The summed E-state index contributed by atoms with van der Waals surface area (Å²) >= 11 is 6.11. The summed E-state index contributed by atoms with van der Waals surface area (Å²) in [6, 6.07) is 13.9. The van der Waals surface area contributed by atoms with Crippen LogP contribution in [0.4, 0.5) is 0 Å². The van der Waals surface area contributed by atoms with Crippen molar-refractivity contribution in [2.24, 2.45) is 4.99 Å². The summed E-state index contributed by atoms with van der Waals surface area (Å²) in [5.41, 5.74) is 4.90. The number of halogens is 1. The zero-order chi connectivity index (χ0) is 15.8. The van der Waals surface area contributed by atoms with Gasteiger partial charge < -0.3 is 0 Å². The first-order chi connectivity index (χ1) is 11.2. The smallest absolute Gasteiger partial charge is 0.154 e. The Labute approximate surface area is 139 Å². The van der Waals surface area contributed by atoms with E-state index in [0.717, 1.165) is 34.7 Å². The molecule has 1 aromatic carbocycles. The highest BCUT2D eigenvalue weighted by molar-refractivity contribution is 6.29. The van der Waals surface area contributed by atoms with Gasteiger partial charge in [0.25, 0.3) is 0 Å². The van der Waals surface area contributed by atoms with Gasteiger partial charge in [-0.15, -0.1) is 0 Å². The number of hydrogen-bond donors (Lipinski definition) is 0. The van der Waals surface area contributed by atoms with Crippen LogP contribution in [0.1, 0.15) is 25.0 Å². The first-order valence-electron chi connectivity index (χ1n) is 7.54. The summed E-state index contributed by atoms with van der Waals surface area (Å²) in [6.45, 7) is 2.01. The summed E-state index contributed by atoms with van der Waals surface area (Å²) in [6.07, 6.45) is 4.95. The molecule has 0 amide bonds. The molecule has 0 saturated heterocycles. The summed E-state index contributed by atoms with van der Waals surface area (Å²) in [5.74, 6) is 0.184. The van der Waals surface area contributed by atoms with Gasteiger partial charge in [-0.3, -0.25) is 4.99 Å². The maximum atomic E-state index is 6.11. The van der Waals surface area contributed by atoms with E-state index in [1.165, 1.54) is 0 Å². The van der Waals surface area contributed by atoms with Crippen LogP contribution in [0.25, 0.3) is 16.9 Å². The third kappa shape index (κ3) is 2.55. The lowest BCUT2D eigenvalue weighted by atomic mass is 9.95. The van der Waals surface area contributed by atoms with Gasteiger partial charge >= 0.3 is 0 Å². The fraction of sp³-hybridized carbons (Fsp3) is 0.167. The van der Waals surface area contributed by atoms with Crippen LogP contribution >= 0.6 is 11.6 Å². The highest BCUT2D eigenvalue weighted by Gasteiger charge is 2.23. The van der Waals surface area contributed by atoms with Crippen molar-refractivity contribution < 1.29 is 0 Å². The second kappa shape index (κ2) is 5.63. The number of imidazole rings is 1. The normalized spacial score (nSPS) is 17.5. The second-order valence-electron chi connectivity index (χ2n) is 5.60. The molecule has 5 heteroatoms. The number of nitrogens with zero attached hydrogens (tertiary/aromatic N) is 4. The molecule has 1 unspecified atom stereocenters. The molecule has 0 aliphatic carbocycles. The number of aliphatic imine (C=N–C) groups is 1. The zero-order valence-electron chi connectivity index (χ0n) is 12.6. The molecular weight excluding hydrogens is 308 g/mol. The Balaban J connectivity index is 1.99. The van der Waals surface area contributed by atoms with Gasteiger partial charge in [-0.1, -0.05) is 48.0 Å². The standard InChI is InChI=1S/C18H15ClN4/c1-12-11-14(9-10-20-12)18-17(13-5-3-2-4-6-13)21-16-8-7-15(19)22-23(16)18/h2-8,10-11,14H,9H2,1H3. The summed E-state index contributed by atoms with van der Waals surface area (Å²) in [7, 11) is 0. The van der Waals surface area contributed by atoms with Crippen molar-refractivity contribution in [3.63, 3.8) is 0 Å². The van der Waals surface area contributed by atoms with Crippen molar-refractivity contribution >= 4 is 23.5 Å².